The third-order valence-corrected chi connectivity index (χ3v) is 1.93. The minimum atomic E-state index is -0.311. The van der Waals surface area contributed by atoms with Crippen LogP contribution in [0.15, 0.2) is 6.33 Å². The summed E-state index contributed by atoms with van der Waals surface area (Å²) in [6, 6.07) is 0. The fourth-order valence-electron chi connectivity index (χ4n) is 0.953. The summed E-state index contributed by atoms with van der Waals surface area (Å²) in [4.78, 5) is 9.68. The van der Waals surface area contributed by atoms with Crippen LogP contribution in [0.25, 0.3) is 0 Å². The summed E-state index contributed by atoms with van der Waals surface area (Å²) in [5, 5.41) is 16.3. The van der Waals surface area contributed by atoms with Crippen molar-refractivity contribution >= 4 is 12.2 Å². The average molecular weight is 202 g/mol. The summed E-state index contributed by atoms with van der Waals surface area (Å²) < 4.78 is 2.32. The molecule has 0 saturated heterocycles. The predicted molar refractivity (Wildman–Crippen MR) is 48.5 cm³/mol. The number of nitrogens with one attached hydrogen (secondary N) is 1. The molecule has 0 radical (unpaired) electrons. The van der Waals surface area contributed by atoms with Gasteiger partial charge in [-0.3, -0.25) is 15.2 Å². The van der Waals surface area contributed by atoms with E-state index in [1.54, 1.807) is 10.9 Å². The van der Waals surface area contributed by atoms with E-state index in [1.807, 2.05) is 0 Å². The zero-order valence-electron chi connectivity index (χ0n) is 6.97. The van der Waals surface area contributed by atoms with Crippen LogP contribution in [0, 0.1) is 14.9 Å². The van der Waals surface area contributed by atoms with Crippen molar-refractivity contribution in [1.29, 1.82) is 0 Å². The highest BCUT2D eigenvalue weighted by Gasteiger charge is 1.98. The van der Waals surface area contributed by atoms with Crippen LogP contribution in [0.1, 0.15) is 12.8 Å². The number of aromatic amines is 1. The van der Waals surface area contributed by atoms with Gasteiger partial charge in [0.2, 0.25) is 6.54 Å². The molecule has 7 heteroatoms. The van der Waals surface area contributed by atoms with Crippen LogP contribution in [0.2, 0.25) is 0 Å². The van der Waals surface area contributed by atoms with Gasteiger partial charge in [0, 0.05) is 17.9 Å². The lowest BCUT2D eigenvalue weighted by Gasteiger charge is -1.97. The normalized spacial score (nSPS) is 10.2. The average Bonchev–Trinajstić information content (AvgIpc) is 2.45. The lowest BCUT2D eigenvalue weighted by atomic mass is 10.3. The molecule has 0 unspecified atom stereocenters. The van der Waals surface area contributed by atoms with Gasteiger partial charge in [-0.05, 0) is 18.6 Å². The van der Waals surface area contributed by atoms with Gasteiger partial charge in [-0.1, -0.05) is 0 Å². The Balaban J connectivity index is 2.24. The molecule has 1 aromatic heterocycles. The number of nitrogens with zero attached hydrogens (tertiary/aromatic N) is 3. The molecule has 1 heterocycles. The van der Waals surface area contributed by atoms with Gasteiger partial charge >= 0.3 is 0 Å². The van der Waals surface area contributed by atoms with E-state index in [0.29, 0.717) is 17.7 Å². The highest BCUT2D eigenvalue weighted by atomic mass is 32.1. The van der Waals surface area contributed by atoms with Crippen molar-refractivity contribution in [2.24, 2.45) is 0 Å². The lowest BCUT2D eigenvalue weighted by molar-refractivity contribution is -0.480. The number of unbranched alkanes of at least 4 members (excludes halogenated alkanes) is 1. The molecule has 1 N–H and O–H groups in total. The van der Waals surface area contributed by atoms with Gasteiger partial charge in [0.15, 0.2) is 4.77 Å². The Morgan fingerprint density at radius 2 is 2.46 bits per heavy atom. The van der Waals surface area contributed by atoms with Crippen LogP contribution < -0.4 is 0 Å². The smallest absolute Gasteiger partial charge is 0.203 e. The standard InChI is InChI=1S/C6H10N4O2S/c11-10(12)4-2-1-3-9-5-7-8-6(9)13/h5H,1-4H2,(H,8,13). The van der Waals surface area contributed by atoms with Crippen molar-refractivity contribution in [1.82, 2.24) is 14.8 Å². The zero-order valence-corrected chi connectivity index (χ0v) is 7.79. The van der Waals surface area contributed by atoms with Crippen LogP contribution in [0.3, 0.4) is 0 Å². The van der Waals surface area contributed by atoms with E-state index in [-0.39, 0.29) is 11.5 Å². The second-order valence-corrected chi connectivity index (χ2v) is 3.01. The number of hydrogen-bond donors (Lipinski definition) is 1. The highest BCUT2D eigenvalue weighted by Crippen LogP contribution is 1.95. The summed E-state index contributed by atoms with van der Waals surface area (Å²) in [6.07, 6.45) is 2.91. The molecule has 13 heavy (non-hydrogen) atoms. The van der Waals surface area contributed by atoms with Crippen molar-refractivity contribution in [3.05, 3.63) is 21.2 Å². The molecule has 0 fully saturated rings. The highest BCUT2D eigenvalue weighted by molar-refractivity contribution is 7.71. The van der Waals surface area contributed by atoms with E-state index in [0.717, 1.165) is 6.42 Å². The first-order valence-electron chi connectivity index (χ1n) is 3.92. The van der Waals surface area contributed by atoms with Gasteiger partial charge in [-0.25, -0.2) is 0 Å². The third-order valence-electron chi connectivity index (χ3n) is 1.61. The van der Waals surface area contributed by atoms with Gasteiger partial charge in [-0.2, -0.15) is 5.10 Å². The number of H-pyrrole nitrogens is 1. The number of nitro groups is 1. The van der Waals surface area contributed by atoms with E-state index < -0.39 is 0 Å². The first-order valence-corrected chi connectivity index (χ1v) is 4.32. The van der Waals surface area contributed by atoms with Crippen molar-refractivity contribution in [3.63, 3.8) is 0 Å². The minimum absolute atomic E-state index is 0.0190. The van der Waals surface area contributed by atoms with Crippen molar-refractivity contribution in [3.8, 4) is 0 Å². The molecule has 1 rings (SSSR count). The third kappa shape index (κ3) is 3.32. The minimum Gasteiger partial charge on any atom is -0.307 e. The topological polar surface area (TPSA) is 76.8 Å². The lowest BCUT2D eigenvalue weighted by Crippen LogP contribution is -2.03. The van der Waals surface area contributed by atoms with E-state index >= 15 is 0 Å². The first-order chi connectivity index (χ1) is 6.20. The summed E-state index contributed by atoms with van der Waals surface area (Å²) in [5.41, 5.74) is 0. The molecule has 0 aliphatic heterocycles. The van der Waals surface area contributed by atoms with Gasteiger partial charge in [0.25, 0.3) is 0 Å². The Morgan fingerprint density at radius 3 is 3.00 bits per heavy atom. The van der Waals surface area contributed by atoms with Crippen LogP contribution in [0.5, 0.6) is 0 Å². The molecule has 0 amide bonds. The summed E-state index contributed by atoms with van der Waals surface area (Å²) in [7, 11) is 0. The first kappa shape index (κ1) is 9.85. The number of aryl methyl sites for hydroxylation is 1. The molecule has 0 bridgehead atoms. The monoisotopic (exact) mass is 202 g/mol. The number of aromatic nitrogens is 3. The number of hydrogen-bond acceptors (Lipinski definition) is 4. The van der Waals surface area contributed by atoms with E-state index in [4.69, 9.17) is 12.2 Å². The molecule has 0 spiro atoms. The Kier molecular flexibility index (Phi) is 3.56. The van der Waals surface area contributed by atoms with E-state index in [2.05, 4.69) is 10.2 Å². The molecule has 1 aromatic rings. The van der Waals surface area contributed by atoms with Crippen LogP contribution in [-0.4, -0.2) is 26.2 Å². The zero-order chi connectivity index (χ0) is 9.68. The van der Waals surface area contributed by atoms with Crippen molar-refractivity contribution in [2.45, 2.75) is 19.4 Å². The Morgan fingerprint density at radius 1 is 1.69 bits per heavy atom. The molecular formula is C6H10N4O2S. The summed E-state index contributed by atoms with van der Waals surface area (Å²) >= 11 is 4.90. The molecule has 0 atom stereocenters. The molecule has 0 saturated carbocycles. The quantitative estimate of drug-likeness (QED) is 0.334. The molecule has 0 aliphatic rings. The second-order valence-electron chi connectivity index (χ2n) is 2.62. The molecule has 0 aromatic carbocycles. The Labute approximate surface area is 79.7 Å². The predicted octanol–water partition coefficient (Wildman–Crippen LogP) is 0.998. The molecule has 6 nitrogen and oxygen atoms in total. The maximum Gasteiger partial charge on any atom is 0.203 e. The van der Waals surface area contributed by atoms with Gasteiger partial charge in [-0.15, -0.1) is 0 Å². The fourth-order valence-corrected chi connectivity index (χ4v) is 1.14. The van der Waals surface area contributed by atoms with E-state index in [9.17, 15) is 10.1 Å². The summed E-state index contributed by atoms with van der Waals surface area (Å²) in [6.45, 7) is 0.703. The van der Waals surface area contributed by atoms with Crippen LogP contribution >= 0.6 is 12.2 Å². The van der Waals surface area contributed by atoms with Gasteiger partial charge < -0.3 is 4.57 Å². The Hall–Kier alpha value is -1.24. The molecular weight excluding hydrogens is 192 g/mol. The second kappa shape index (κ2) is 4.70. The largest absolute Gasteiger partial charge is 0.307 e. The van der Waals surface area contributed by atoms with Crippen LogP contribution in [0.4, 0.5) is 0 Å². The summed E-state index contributed by atoms with van der Waals surface area (Å²) in [5.74, 6) is 0. The molecule has 0 aliphatic carbocycles. The molecule has 72 valence electrons. The fraction of sp³-hybridized carbons (Fsp3) is 0.667. The van der Waals surface area contributed by atoms with Gasteiger partial charge in [0.1, 0.15) is 6.33 Å². The SMILES string of the molecule is O=[N+]([O-])CCCCn1cn[nH]c1=S. The maximum atomic E-state index is 9.99. The van der Waals surface area contributed by atoms with Crippen molar-refractivity contribution in [2.75, 3.05) is 6.54 Å². The van der Waals surface area contributed by atoms with Gasteiger partial charge in [0.05, 0.1) is 0 Å². The number of rotatable bonds is 5. The van der Waals surface area contributed by atoms with Crippen molar-refractivity contribution < 1.29 is 4.92 Å². The Bertz CT molecular complexity index is 331. The van der Waals surface area contributed by atoms with E-state index in [1.165, 1.54) is 0 Å². The maximum absolute atomic E-state index is 9.99. The van der Waals surface area contributed by atoms with Crippen LogP contribution in [-0.2, 0) is 6.54 Å².